The highest BCUT2D eigenvalue weighted by atomic mass is 19.3. The minimum atomic E-state index is -2.73. The summed E-state index contributed by atoms with van der Waals surface area (Å²) in [7, 11) is 0. The molecule has 0 bridgehead atoms. The maximum Gasteiger partial charge on any atom is 0.284 e. The molecule has 2 aliphatic heterocycles. The van der Waals surface area contributed by atoms with Gasteiger partial charge in [-0.15, -0.1) is 0 Å². The highest BCUT2D eigenvalue weighted by Gasteiger charge is 2.40. The monoisotopic (exact) mass is 433 g/mol. The molecule has 3 atom stereocenters. The number of carbonyl (C=O) groups excluding carboxylic acids is 2. The second-order valence-electron chi connectivity index (χ2n) is 7.46. The Labute approximate surface area is 176 Å². The maximum atomic E-state index is 13.5. The molecular weight excluding hydrogens is 412 g/mol. The zero-order valence-electron chi connectivity index (χ0n) is 16.8. The third kappa shape index (κ3) is 3.68. The summed E-state index contributed by atoms with van der Waals surface area (Å²) in [6.07, 6.45) is -1.14. The van der Waals surface area contributed by atoms with Crippen LogP contribution in [0.3, 0.4) is 0 Å². The first kappa shape index (κ1) is 20.7. The molecule has 4 rings (SSSR count). The van der Waals surface area contributed by atoms with Crippen molar-refractivity contribution in [3.05, 3.63) is 30.3 Å². The molecule has 0 saturated carbocycles. The molecule has 11 heteroatoms. The van der Waals surface area contributed by atoms with E-state index >= 15 is 0 Å². The number of primary amides is 1. The fraction of sp³-hybridized carbons (Fsp3) is 0.400. The molecule has 3 heterocycles. The van der Waals surface area contributed by atoms with Gasteiger partial charge >= 0.3 is 0 Å². The number of carbonyl (C=O) groups is 1. The summed E-state index contributed by atoms with van der Waals surface area (Å²) in [6.45, 7) is 3.52. The van der Waals surface area contributed by atoms with Crippen LogP contribution in [0.15, 0.2) is 30.3 Å². The van der Waals surface area contributed by atoms with E-state index in [2.05, 4.69) is 10.3 Å². The number of nitrogens with zero attached hydrogens (tertiary/aromatic N) is 3. The predicted octanol–water partition coefficient (Wildman–Crippen LogP) is 1.93. The van der Waals surface area contributed by atoms with Crippen LogP contribution >= 0.6 is 0 Å². The van der Waals surface area contributed by atoms with E-state index in [9.17, 15) is 18.4 Å². The standard InChI is InChI=1S/C20H21F2N5O4/c1-10-8-30-15-5-12(24-11(2)19(23)29)3-4-13(15)20-25-16(6-26(10)20)27-14(18(21)22)9-31-17(27)7-28/h3-6,10-11,14,18,24H,8-9H2,1-2H3,(H2,23,29)/t10-,11-,14-/m0/s1. The van der Waals surface area contributed by atoms with Crippen LogP contribution in [0.25, 0.3) is 11.4 Å². The first-order valence-corrected chi connectivity index (χ1v) is 9.67. The molecule has 0 radical (unpaired) electrons. The van der Waals surface area contributed by atoms with Gasteiger partial charge in [-0.2, -0.15) is 0 Å². The molecule has 1 amide bonds. The van der Waals surface area contributed by atoms with Gasteiger partial charge in [0.15, 0.2) is 11.8 Å². The molecule has 0 aliphatic carbocycles. The number of rotatable bonds is 5. The van der Waals surface area contributed by atoms with E-state index in [1.165, 1.54) is 0 Å². The van der Waals surface area contributed by atoms with E-state index in [0.29, 0.717) is 29.4 Å². The van der Waals surface area contributed by atoms with Gasteiger partial charge in [0.1, 0.15) is 36.9 Å². The van der Waals surface area contributed by atoms with E-state index in [4.69, 9.17) is 15.2 Å². The Morgan fingerprint density at radius 2 is 2.13 bits per heavy atom. The average Bonchev–Trinajstić information content (AvgIpc) is 3.33. The fourth-order valence-electron chi connectivity index (χ4n) is 3.56. The lowest BCUT2D eigenvalue weighted by Crippen LogP contribution is -2.36. The number of benzene rings is 1. The Kier molecular flexibility index (Phi) is 5.28. The topological polar surface area (TPSA) is 112 Å². The lowest BCUT2D eigenvalue weighted by molar-refractivity contribution is -0.118. The number of hydrogen-bond donors (Lipinski definition) is 2. The van der Waals surface area contributed by atoms with Crippen molar-refractivity contribution in [1.82, 2.24) is 9.55 Å². The maximum absolute atomic E-state index is 13.5. The summed E-state index contributed by atoms with van der Waals surface area (Å²) >= 11 is 0. The third-order valence-electron chi connectivity index (χ3n) is 5.27. The van der Waals surface area contributed by atoms with Crippen molar-refractivity contribution in [2.75, 3.05) is 23.4 Å². The second-order valence-corrected chi connectivity index (χ2v) is 7.46. The lowest BCUT2D eigenvalue weighted by atomic mass is 10.1. The van der Waals surface area contributed by atoms with Gasteiger partial charge in [-0.1, -0.05) is 0 Å². The van der Waals surface area contributed by atoms with Crippen molar-refractivity contribution in [3.8, 4) is 17.1 Å². The summed E-state index contributed by atoms with van der Waals surface area (Å²) in [5, 5.41) is 2.99. The van der Waals surface area contributed by atoms with Gasteiger partial charge in [-0.25, -0.2) is 18.6 Å². The molecule has 1 aromatic carbocycles. The van der Waals surface area contributed by atoms with Crippen LogP contribution in [-0.4, -0.2) is 53.1 Å². The molecule has 1 saturated heterocycles. The Morgan fingerprint density at radius 1 is 1.35 bits per heavy atom. The molecule has 1 aromatic heterocycles. The van der Waals surface area contributed by atoms with Crippen LogP contribution in [0.1, 0.15) is 19.9 Å². The van der Waals surface area contributed by atoms with E-state index < -0.39 is 24.4 Å². The Balaban J connectivity index is 1.75. The Bertz CT molecular complexity index is 1070. The highest BCUT2D eigenvalue weighted by molar-refractivity contribution is 5.83. The zero-order chi connectivity index (χ0) is 22.3. The van der Waals surface area contributed by atoms with Crippen LogP contribution in [0.2, 0.25) is 0 Å². The summed E-state index contributed by atoms with van der Waals surface area (Å²) in [5.41, 5.74) is 6.57. The molecule has 164 valence electrons. The van der Waals surface area contributed by atoms with Crippen molar-refractivity contribution in [3.63, 3.8) is 0 Å². The molecule has 3 N–H and O–H groups in total. The van der Waals surface area contributed by atoms with Crippen molar-refractivity contribution in [2.45, 2.75) is 38.4 Å². The summed E-state index contributed by atoms with van der Waals surface area (Å²) in [5.74, 6) is 1.93. The van der Waals surface area contributed by atoms with Crippen LogP contribution in [-0.2, 0) is 14.3 Å². The third-order valence-corrected chi connectivity index (χ3v) is 5.27. The van der Waals surface area contributed by atoms with Gasteiger partial charge in [0.05, 0.1) is 11.6 Å². The summed E-state index contributed by atoms with van der Waals surface area (Å²) < 4.78 is 39.8. The number of hydrogen-bond acceptors (Lipinski definition) is 7. The van der Waals surface area contributed by atoms with Crippen LogP contribution in [0, 0.1) is 0 Å². The molecular formula is C20H21F2N5O4. The number of anilines is 2. The van der Waals surface area contributed by atoms with E-state index in [1.54, 1.807) is 37.3 Å². The minimum Gasteiger partial charge on any atom is -0.491 e. The molecule has 31 heavy (non-hydrogen) atoms. The van der Waals surface area contributed by atoms with E-state index in [1.807, 2.05) is 11.5 Å². The minimum absolute atomic E-state index is 0.165. The van der Waals surface area contributed by atoms with E-state index in [0.717, 1.165) is 4.90 Å². The number of nitrogens with two attached hydrogens (primary N) is 1. The molecule has 0 spiro atoms. The normalized spacial score (nSPS) is 20.8. The SMILES string of the molecule is C[C@H](Nc1ccc2c(c1)OC[C@H](C)n1cc(N3C(=C=O)OC[C@H]3C(F)F)nc1-2)C(N)=O. The molecule has 2 aliphatic rings. The smallest absolute Gasteiger partial charge is 0.284 e. The number of ether oxygens (including phenoxy) is 2. The molecule has 2 aromatic rings. The van der Waals surface area contributed by atoms with Crippen molar-refractivity contribution < 1.29 is 27.8 Å². The number of amides is 1. The number of nitrogens with one attached hydrogen (secondary N) is 1. The van der Waals surface area contributed by atoms with Crippen molar-refractivity contribution in [1.29, 1.82) is 0 Å². The number of fused-ring (bicyclic) bond motifs is 3. The number of imidazole rings is 1. The zero-order valence-corrected chi connectivity index (χ0v) is 16.8. The number of aromatic nitrogens is 2. The molecule has 9 nitrogen and oxygen atoms in total. The first-order valence-electron chi connectivity index (χ1n) is 9.67. The Morgan fingerprint density at radius 3 is 2.81 bits per heavy atom. The average molecular weight is 433 g/mol. The molecule has 1 fully saturated rings. The lowest BCUT2D eigenvalue weighted by Gasteiger charge is -2.19. The van der Waals surface area contributed by atoms with Crippen molar-refractivity contribution in [2.24, 2.45) is 5.73 Å². The van der Waals surface area contributed by atoms with Gasteiger partial charge in [0.25, 0.3) is 12.3 Å². The highest BCUT2D eigenvalue weighted by Crippen LogP contribution is 2.39. The quantitative estimate of drug-likeness (QED) is 0.693. The summed E-state index contributed by atoms with van der Waals surface area (Å²) in [6, 6.07) is 3.15. The Hall–Kier alpha value is -3.59. The van der Waals surface area contributed by atoms with Gasteiger partial charge < -0.3 is 25.1 Å². The fourth-order valence-corrected chi connectivity index (χ4v) is 3.56. The molecule has 0 unspecified atom stereocenters. The largest absolute Gasteiger partial charge is 0.491 e. The number of halogens is 2. The second kappa shape index (κ2) is 7.92. The summed E-state index contributed by atoms with van der Waals surface area (Å²) in [4.78, 5) is 28.2. The van der Waals surface area contributed by atoms with Crippen LogP contribution in [0.5, 0.6) is 5.75 Å². The number of alkyl halides is 2. The van der Waals surface area contributed by atoms with Gasteiger partial charge in [0.2, 0.25) is 5.91 Å². The van der Waals surface area contributed by atoms with Gasteiger partial charge in [-0.05, 0) is 26.0 Å². The van der Waals surface area contributed by atoms with Gasteiger partial charge in [0, 0.05) is 18.0 Å². The van der Waals surface area contributed by atoms with E-state index in [-0.39, 0.29) is 24.3 Å². The van der Waals surface area contributed by atoms with Gasteiger partial charge in [-0.3, -0.25) is 9.69 Å². The van der Waals surface area contributed by atoms with Crippen LogP contribution < -0.4 is 20.7 Å². The van der Waals surface area contributed by atoms with Crippen molar-refractivity contribution >= 4 is 23.4 Å². The van der Waals surface area contributed by atoms with Crippen LogP contribution in [0.4, 0.5) is 20.3 Å². The predicted molar refractivity (Wildman–Crippen MR) is 108 cm³/mol. The first-order chi connectivity index (χ1) is 14.8.